The minimum Gasteiger partial charge on any atom is -0.347 e. The summed E-state index contributed by atoms with van der Waals surface area (Å²) >= 11 is 0. The Morgan fingerprint density at radius 3 is 2.82 bits per heavy atom. The van der Waals surface area contributed by atoms with E-state index < -0.39 is 24.2 Å². The summed E-state index contributed by atoms with van der Waals surface area (Å²) < 4.78 is 39.0. The van der Waals surface area contributed by atoms with Gasteiger partial charge in [-0.05, 0) is 30.5 Å². The fourth-order valence-electron chi connectivity index (χ4n) is 4.01. The fourth-order valence-corrected chi connectivity index (χ4v) is 4.01. The molecule has 6 nitrogen and oxygen atoms in total. The lowest BCUT2D eigenvalue weighted by Crippen LogP contribution is -2.40. The Bertz CT molecular complexity index is 985. The van der Waals surface area contributed by atoms with Gasteiger partial charge in [0, 0.05) is 29.5 Å². The second-order valence-electron chi connectivity index (χ2n) is 7.27. The van der Waals surface area contributed by atoms with Gasteiger partial charge in [-0.3, -0.25) is 9.48 Å². The van der Waals surface area contributed by atoms with E-state index in [9.17, 15) is 18.0 Å². The zero-order valence-corrected chi connectivity index (χ0v) is 15.1. The Kier molecular flexibility index (Phi) is 4.60. The van der Waals surface area contributed by atoms with Gasteiger partial charge in [0.15, 0.2) is 0 Å². The summed E-state index contributed by atoms with van der Waals surface area (Å²) in [5.74, 6) is -0.604. The molecule has 3 aromatic heterocycles. The third-order valence-corrected chi connectivity index (χ3v) is 5.35. The molecule has 3 heterocycles. The molecule has 0 unspecified atom stereocenters. The maximum atomic E-state index is 12.4. The van der Waals surface area contributed by atoms with Crippen molar-refractivity contribution in [1.29, 1.82) is 0 Å². The number of aromatic amines is 1. The Morgan fingerprint density at radius 1 is 1.29 bits per heavy atom. The lowest BCUT2D eigenvalue weighted by molar-refractivity contribution is -0.139. The van der Waals surface area contributed by atoms with Crippen LogP contribution in [0.15, 0.2) is 36.9 Å². The van der Waals surface area contributed by atoms with Crippen molar-refractivity contribution in [2.75, 3.05) is 6.54 Å². The van der Waals surface area contributed by atoms with Crippen LogP contribution in [0.1, 0.15) is 32.1 Å². The van der Waals surface area contributed by atoms with Crippen molar-refractivity contribution in [3.8, 4) is 11.1 Å². The zero-order chi connectivity index (χ0) is 19.8. The molecule has 0 bridgehead atoms. The summed E-state index contributed by atoms with van der Waals surface area (Å²) in [6, 6.07) is 3.83. The van der Waals surface area contributed by atoms with Crippen LogP contribution < -0.4 is 5.32 Å². The van der Waals surface area contributed by atoms with Gasteiger partial charge in [0.2, 0.25) is 5.91 Å². The Morgan fingerprint density at radius 2 is 2.07 bits per heavy atom. The highest BCUT2D eigenvalue weighted by atomic mass is 19.4. The molecule has 1 saturated carbocycles. The Hall–Kier alpha value is -2.84. The molecule has 1 fully saturated rings. The molecule has 0 saturated heterocycles. The quantitative estimate of drug-likeness (QED) is 0.695. The topological polar surface area (TPSA) is 75.6 Å². The molecule has 9 heteroatoms. The monoisotopic (exact) mass is 391 g/mol. The number of carbonyl (C=O) groups excluding carboxylic acids is 1. The number of nitrogens with one attached hydrogen (secondary N) is 2. The molecule has 0 radical (unpaired) electrons. The molecular weight excluding hydrogens is 371 g/mol. The predicted molar refractivity (Wildman–Crippen MR) is 97.4 cm³/mol. The smallest absolute Gasteiger partial charge is 0.347 e. The summed E-state index contributed by atoms with van der Waals surface area (Å²) in [5.41, 5.74) is 2.03. The molecular formula is C19H20F3N5O. The SMILES string of the molecule is O=C(CC1(n2cc(-c3ccnc4[nH]ccc34)cn2)CCCC1)NCC(F)(F)F. The lowest BCUT2D eigenvalue weighted by Gasteiger charge is -2.29. The number of alkyl halides is 3. The largest absolute Gasteiger partial charge is 0.405 e. The number of amides is 1. The number of aromatic nitrogens is 4. The molecule has 148 valence electrons. The number of halogens is 3. The van der Waals surface area contributed by atoms with E-state index in [0.29, 0.717) is 12.8 Å². The van der Waals surface area contributed by atoms with Gasteiger partial charge in [-0.2, -0.15) is 18.3 Å². The van der Waals surface area contributed by atoms with Crippen molar-refractivity contribution in [1.82, 2.24) is 25.1 Å². The van der Waals surface area contributed by atoms with E-state index in [-0.39, 0.29) is 6.42 Å². The normalized spacial score (nSPS) is 16.5. The van der Waals surface area contributed by atoms with Crippen LogP contribution in [-0.4, -0.2) is 38.4 Å². The van der Waals surface area contributed by atoms with Crippen LogP contribution in [0.5, 0.6) is 0 Å². The van der Waals surface area contributed by atoms with Gasteiger partial charge in [-0.25, -0.2) is 4.98 Å². The van der Waals surface area contributed by atoms with Crippen LogP contribution in [0.25, 0.3) is 22.2 Å². The highest BCUT2D eigenvalue weighted by Crippen LogP contribution is 2.40. The van der Waals surface area contributed by atoms with Crippen LogP contribution >= 0.6 is 0 Å². The van der Waals surface area contributed by atoms with Gasteiger partial charge in [0.25, 0.3) is 0 Å². The number of pyridine rings is 1. The Labute approximate surface area is 159 Å². The first kappa shape index (κ1) is 18.5. The van der Waals surface area contributed by atoms with Crippen LogP contribution in [0, 0.1) is 0 Å². The summed E-state index contributed by atoms with van der Waals surface area (Å²) in [7, 11) is 0. The fraction of sp³-hybridized carbons (Fsp3) is 0.421. The van der Waals surface area contributed by atoms with E-state index in [1.165, 1.54) is 0 Å². The van der Waals surface area contributed by atoms with E-state index in [0.717, 1.165) is 35.0 Å². The number of H-pyrrole nitrogens is 1. The molecule has 4 rings (SSSR count). The van der Waals surface area contributed by atoms with Gasteiger partial charge in [-0.15, -0.1) is 0 Å². The second-order valence-corrected chi connectivity index (χ2v) is 7.27. The summed E-state index contributed by atoms with van der Waals surface area (Å²) in [5, 5.41) is 7.43. The summed E-state index contributed by atoms with van der Waals surface area (Å²) in [6.45, 7) is -1.31. The molecule has 0 spiro atoms. The van der Waals surface area contributed by atoms with Crippen molar-refractivity contribution < 1.29 is 18.0 Å². The molecule has 28 heavy (non-hydrogen) atoms. The molecule has 2 N–H and O–H groups in total. The van der Waals surface area contributed by atoms with Gasteiger partial charge in [0.05, 0.1) is 18.2 Å². The first-order chi connectivity index (χ1) is 13.4. The number of nitrogens with zero attached hydrogens (tertiary/aromatic N) is 3. The molecule has 0 aliphatic heterocycles. The third kappa shape index (κ3) is 3.61. The van der Waals surface area contributed by atoms with E-state index in [1.54, 1.807) is 17.1 Å². The van der Waals surface area contributed by atoms with E-state index >= 15 is 0 Å². The molecule has 1 aliphatic carbocycles. The molecule has 0 atom stereocenters. The van der Waals surface area contributed by atoms with E-state index in [2.05, 4.69) is 15.1 Å². The first-order valence-electron chi connectivity index (χ1n) is 9.17. The highest BCUT2D eigenvalue weighted by Gasteiger charge is 2.39. The summed E-state index contributed by atoms with van der Waals surface area (Å²) in [6.07, 6.45) is 5.96. The maximum absolute atomic E-state index is 12.4. The van der Waals surface area contributed by atoms with Crippen LogP contribution in [0.4, 0.5) is 13.2 Å². The van der Waals surface area contributed by atoms with Crippen molar-refractivity contribution in [3.05, 3.63) is 36.9 Å². The Balaban J connectivity index is 1.59. The van der Waals surface area contributed by atoms with Gasteiger partial charge in [-0.1, -0.05) is 12.8 Å². The van der Waals surface area contributed by atoms with Crippen LogP contribution in [-0.2, 0) is 10.3 Å². The van der Waals surface area contributed by atoms with Crippen molar-refractivity contribution >= 4 is 16.9 Å². The molecule has 0 aromatic carbocycles. The van der Waals surface area contributed by atoms with Gasteiger partial charge >= 0.3 is 6.18 Å². The van der Waals surface area contributed by atoms with Crippen molar-refractivity contribution in [2.45, 2.75) is 43.8 Å². The lowest BCUT2D eigenvalue weighted by atomic mass is 9.93. The maximum Gasteiger partial charge on any atom is 0.405 e. The van der Waals surface area contributed by atoms with Crippen molar-refractivity contribution in [3.63, 3.8) is 0 Å². The number of carbonyl (C=O) groups is 1. The second kappa shape index (κ2) is 6.96. The molecule has 1 amide bonds. The number of fused-ring (bicyclic) bond motifs is 1. The highest BCUT2D eigenvalue weighted by molar-refractivity contribution is 5.92. The van der Waals surface area contributed by atoms with Crippen LogP contribution in [0.2, 0.25) is 0 Å². The molecule has 1 aliphatic rings. The predicted octanol–water partition coefficient (Wildman–Crippen LogP) is 3.76. The van der Waals surface area contributed by atoms with E-state index in [1.807, 2.05) is 29.8 Å². The van der Waals surface area contributed by atoms with Crippen LogP contribution in [0.3, 0.4) is 0 Å². The number of hydrogen-bond donors (Lipinski definition) is 2. The average molecular weight is 391 g/mol. The minimum absolute atomic E-state index is 0.0138. The average Bonchev–Trinajstić information content (AvgIpc) is 3.39. The standard InChI is InChI=1S/C19H20F3N5O/c20-19(21,22)12-25-16(28)9-18(5-1-2-6-18)27-11-13(10-26-27)14-3-7-23-17-15(14)4-8-24-17/h3-4,7-8,10-11H,1-2,5-6,9,12H2,(H,23,24)(H,25,28). The minimum atomic E-state index is -4.42. The van der Waals surface area contributed by atoms with Crippen molar-refractivity contribution in [2.24, 2.45) is 0 Å². The zero-order valence-electron chi connectivity index (χ0n) is 15.1. The summed E-state index contributed by atoms with van der Waals surface area (Å²) in [4.78, 5) is 19.5. The van der Waals surface area contributed by atoms with E-state index in [4.69, 9.17) is 0 Å². The molecule has 3 aromatic rings. The van der Waals surface area contributed by atoms with Gasteiger partial charge < -0.3 is 10.3 Å². The first-order valence-corrected chi connectivity index (χ1v) is 9.17. The third-order valence-electron chi connectivity index (χ3n) is 5.35. The van der Waals surface area contributed by atoms with Gasteiger partial charge in [0.1, 0.15) is 12.2 Å². The number of hydrogen-bond acceptors (Lipinski definition) is 3. The number of rotatable bonds is 5.